The SMILES string of the molecule is CC(C)CC1(CNC(=O)[C@@H](N)C(C)(C)C)CCC1.Cl. The molecule has 1 rings (SSSR count). The summed E-state index contributed by atoms with van der Waals surface area (Å²) < 4.78 is 0. The first kappa shape index (κ1) is 18.7. The molecule has 0 aromatic heterocycles. The van der Waals surface area contributed by atoms with Crippen LogP contribution in [0.5, 0.6) is 0 Å². The standard InChI is InChI=1S/C15H30N2O.ClH/c1-11(2)9-15(7-6-8-15)10-17-13(18)12(16)14(3,4)5;/h11-12H,6-10,16H2,1-5H3,(H,17,18);1H/t12-;/m1./s1. The van der Waals surface area contributed by atoms with Crippen molar-refractivity contribution in [2.45, 2.75) is 66.3 Å². The highest BCUT2D eigenvalue weighted by Crippen LogP contribution is 2.45. The Balaban J connectivity index is 0.00000324. The predicted octanol–water partition coefficient (Wildman–Crippen LogP) is 3.11. The molecular formula is C15H31ClN2O. The van der Waals surface area contributed by atoms with E-state index in [1.165, 1.54) is 25.7 Å². The first-order valence-electron chi connectivity index (χ1n) is 7.20. The van der Waals surface area contributed by atoms with Crippen molar-refractivity contribution in [1.82, 2.24) is 5.32 Å². The molecule has 1 saturated carbocycles. The summed E-state index contributed by atoms with van der Waals surface area (Å²) in [5.74, 6) is 0.691. The Morgan fingerprint density at radius 1 is 1.32 bits per heavy atom. The van der Waals surface area contributed by atoms with Gasteiger partial charge >= 0.3 is 0 Å². The molecule has 0 aliphatic heterocycles. The van der Waals surface area contributed by atoms with Crippen LogP contribution < -0.4 is 11.1 Å². The molecule has 0 heterocycles. The van der Waals surface area contributed by atoms with Gasteiger partial charge < -0.3 is 11.1 Å². The summed E-state index contributed by atoms with van der Waals surface area (Å²) in [6.07, 6.45) is 5.00. The minimum Gasteiger partial charge on any atom is -0.354 e. The molecule has 1 fully saturated rings. The Morgan fingerprint density at radius 3 is 2.16 bits per heavy atom. The summed E-state index contributed by atoms with van der Waals surface area (Å²) in [4.78, 5) is 12.0. The van der Waals surface area contributed by atoms with Crippen molar-refractivity contribution in [3.05, 3.63) is 0 Å². The van der Waals surface area contributed by atoms with Gasteiger partial charge in [0.2, 0.25) is 5.91 Å². The van der Waals surface area contributed by atoms with Crippen LogP contribution in [0, 0.1) is 16.7 Å². The van der Waals surface area contributed by atoms with Crippen LogP contribution in [0.4, 0.5) is 0 Å². The van der Waals surface area contributed by atoms with Crippen molar-refractivity contribution in [3.8, 4) is 0 Å². The van der Waals surface area contributed by atoms with Gasteiger partial charge in [0, 0.05) is 6.54 Å². The Bertz CT molecular complexity index is 293. The van der Waals surface area contributed by atoms with Gasteiger partial charge in [-0.3, -0.25) is 4.79 Å². The molecule has 3 nitrogen and oxygen atoms in total. The molecule has 0 unspecified atom stereocenters. The zero-order chi connectivity index (χ0) is 14.0. The lowest BCUT2D eigenvalue weighted by molar-refractivity contribution is -0.125. The lowest BCUT2D eigenvalue weighted by atomic mass is 9.64. The summed E-state index contributed by atoms with van der Waals surface area (Å²) in [6, 6.07) is -0.423. The van der Waals surface area contributed by atoms with Crippen LogP contribution in [-0.4, -0.2) is 18.5 Å². The fraction of sp³-hybridized carbons (Fsp3) is 0.933. The van der Waals surface area contributed by atoms with Gasteiger partial charge in [-0.1, -0.05) is 41.0 Å². The molecule has 19 heavy (non-hydrogen) atoms. The zero-order valence-electron chi connectivity index (χ0n) is 13.1. The second-order valence-corrected chi connectivity index (χ2v) is 7.51. The van der Waals surface area contributed by atoms with Crippen molar-refractivity contribution in [3.63, 3.8) is 0 Å². The molecule has 1 atom stereocenters. The maximum absolute atomic E-state index is 12.0. The second-order valence-electron chi connectivity index (χ2n) is 7.51. The molecular weight excluding hydrogens is 260 g/mol. The molecule has 114 valence electrons. The Labute approximate surface area is 124 Å². The van der Waals surface area contributed by atoms with Gasteiger partial charge in [-0.05, 0) is 36.0 Å². The smallest absolute Gasteiger partial charge is 0.237 e. The Kier molecular flexibility index (Phi) is 6.84. The summed E-state index contributed by atoms with van der Waals surface area (Å²) in [7, 11) is 0. The van der Waals surface area contributed by atoms with E-state index >= 15 is 0 Å². The lowest BCUT2D eigenvalue weighted by Crippen LogP contribution is -2.52. The number of nitrogens with two attached hydrogens (primary N) is 1. The minimum absolute atomic E-state index is 0. The minimum atomic E-state index is -0.423. The van der Waals surface area contributed by atoms with Crippen LogP contribution in [0.1, 0.15) is 60.3 Å². The number of amides is 1. The number of halogens is 1. The van der Waals surface area contributed by atoms with Crippen molar-refractivity contribution in [1.29, 1.82) is 0 Å². The monoisotopic (exact) mass is 290 g/mol. The first-order valence-corrected chi connectivity index (χ1v) is 7.20. The van der Waals surface area contributed by atoms with Crippen LogP contribution in [0.25, 0.3) is 0 Å². The van der Waals surface area contributed by atoms with Gasteiger partial charge in [0.05, 0.1) is 6.04 Å². The summed E-state index contributed by atoms with van der Waals surface area (Å²) in [6.45, 7) is 11.3. The third-order valence-corrected chi connectivity index (χ3v) is 4.11. The van der Waals surface area contributed by atoms with E-state index < -0.39 is 6.04 Å². The molecule has 0 radical (unpaired) electrons. The lowest BCUT2D eigenvalue weighted by Gasteiger charge is -2.44. The fourth-order valence-corrected chi connectivity index (χ4v) is 2.77. The highest BCUT2D eigenvalue weighted by molar-refractivity contribution is 5.85. The highest BCUT2D eigenvalue weighted by Gasteiger charge is 2.38. The van der Waals surface area contributed by atoms with Crippen LogP contribution in [0.15, 0.2) is 0 Å². The van der Waals surface area contributed by atoms with Crippen molar-refractivity contribution < 1.29 is 4.79 Å². The van der Waals surface area contributed by atoms with Gasteiger partial charge in [0.1, 0.15) is 0 Å². The summed E-state index contributed by atoms with van der Waals surface area (Å²) in [5.41, 5.74) is 6.15. The number of nitrogens with one attached hydrogen (secondary N) is 1. The van der Waals surface area contributed by atoms with E-state index in [9.17, 15) is 4.79 Å². The van der Waals surface area contributed by atoms with Crippen LogP contribution in [0.2, 0.25) is 0 Å². The molecule has 1 amide bonds. The second kappa shape index (κ2) is 6.94. The van der Waals surface area contributed by atoms with E-state index in [2.05, 4.69) is 19.2 Å². The van der Waals surface area contributed by atoms with Crippen molar-refractivity contribution >= 4 is 18.3 Å². The molecule has 0 saturated heterocycles. The topological polar surface area (TPSA) is 55.1 Å². The Morgan fingerprint density at radius 2 is 1.84 bits per heavy atom. The molecule has 3 N–H and O–H groups in total. The van der Waals surface area contributed by atoms with Crippen molar-refractivity contribution in [2.75, 3.05) is 6.54 Å². The molecule has 1 aliphatic carbocycles. The third kappa shape index (κ3) is 5.31. The van der Waals surface area contributed by atoms with Crippen LogP contribution in [0.3, 0.4) is 0 Å². The summed E-state index contributed by atoms with van der Waals surface area (Å²) >= 11 is 0. The number of carbonyl (C=O) groups excluding carboxylic acids is 1. The van der Waals surface area contributed by atoms with Crippen LogP contribution >= 0.6 is 12.4 Å². The quantitative estimate of drug-likeness (QED) is 0.817. The maximum atomic E-state index is 12.0. The zero-order valence-corrected chi connectivity index (χ0v) is 13.9. The average molecular weight is 291 g/mol. The number of hydrogen-bond acceptors (Lipinski definition) is 2. The molecule has 4 heteroatoms. The molecule has 0 spiro atoms. The Hall–Kier alpha value is -0.280. The fourth-order valence-electron chi connectivity index (χ4n) is 2.77. The van der Waals surface area contributed by atoms with E-state index in [-0.39, 0.29) is 23.7 Å². The largest absolute Gasteiger partial charge is 0.354 e. The van der Waals surface area contributed by atoms with Crippen molar-refractivity contribution in [2.24, 2.45) is 22.5 Å². The predicted molar refractivity (Wildman–Crippen MR) is 83.4 cm³/mol. The van der Waals surface area contributed by atoms with E-state index in [4.69, 9.17) is 5.73 Å². The first-order chi connectivity index (χ1) is 8.16. The van der Waals surface area contributed by atoms with Gasteiger partial charge in [0.15, 0.2) is 0 Å². The van der Waals surface area contributed by atoms with Gasteiger partial charge in [-0.25, -0.2) is 0 Å². The number of rotatable bonds is 5. The molecule has 0 bridgehead atoms. The summed E-state index contributed by atoms with van der Waals surface area (Å²) in [5, 5.41) is 3.07. The molecule has 1 aliphatic rings. The normalized spacial score (nSPS) is 19.3. The van der Waals surface area contributed by atoms with Crippen LogP contribution in [-0.2, 0) is 4.79 Å². The van der Waals surface area contributed by atoms with E-state index in [0.717, 1.165) is 6.54 Å². The van der Waals surface area contributed by atoms with E-state index in [0.29, 0.717) is 11.3 Å². The molecule has 0 aromatic rings. The molecule has 0 aromatic carbocycles. The van der Waals surface area contributed by atoms with Gasteiger partial charge in [-0.15, -0.1) is 12.4 Å². The average Bonchev–Trinajstić information content (AvgIpc) is 2.18. The maximum Gasteiger partial charge on any atom is 0.237 e. The highest BCUT2D eigenvalue weighted by atomic mass is 35.5. The number of carbonyl (C=O) groups is 1. The number of hydrogen-bond donors (Lipinski definition) is 2. The van der Waals surface area contributed by atoms with Gasteiger partial charge in [0.25, 0.3) is 0 Å². The van der Waals surface area contributed by atoms with E-state index in [1.807, 2.05) is 20.8 Å². The third-order valence-electron chi connectivity index (χ3n) is 4.11. The van der Waals surface area contributed by atoms with Gasteiger partial charge in [-0.2, -0.15) is 0 Å². The van der Waals surface area contributed by atoms with E-state index in [1.54, 1.807) is 0 Å².